The number of hydrogen-bond acceptors (Lipinski definition) is 3. The zero-order valence-corrected chi connectivity index (χ0v) is 12.5. The quantitative estimate of drug-likeness (QED) is 0.882. The summed E-state index contributed by atoms with van der Waals surface area (Å²) in [6.45, 7) is 2.58. The molecule has 2 unspecified atom stereocenters. The van der Waals surface area contributed by atoms with Gasteiger partial charge in [-0.2, -0.15) is 0 Å². The van der Waals surface area contributed by atoms with Crippen molar-refractivity contribution >= 4 is 21.6 Å². The highest BCUT2D eigenvalue weighted by atomic mass is 79.9. The van der Waals surface area contributed by atoms with Crippen molar-refractivity contribution in [2.75, 3.05) is 11.4 Å². The molecular formula is C13H16BrF3N2O. The maximum absolute atomic E-state index is 12.5. The second kappa shape index (κ2) is 5.81. The highest BCUT2D eigenvalue weighted by Crippen LogP contribution is 2.37. The van der Waals surface area contributed by atoms with Crippen molar-refractivity contribution in [1.29, 1.82) is 0 Å². The van der Waals surface area contributed by atoms with E-state index in [-0.39, 0.29) is 17.8 Å². The molecule has 1 heterocycles. The summed E-state index contributed by atoms with van der Waals surface area (Å²) in [5, 5.41) is 0. The lowest BCUT2D eigenvalue weighted by atomic mass is 9.98. The van der Waals surface area contributed by atoms with E-state index in [1.54, 1.807) is 12.1 Å². The van der Waals surface area contributed by atoms with Gasteiger partial charge in [-0.15, -0.1) is 13.2 Å². The van der Waals surface area contributed by atoms with Crippen LogP contribution in [0.2, 0.25) is 0 Å². The molecule has 3 nitrogen and oxygen atoms in total. The van der Waals surface area contributed by atoms with Crippen LogP contribution < -0.4 is 15.4 Å². The van der Waals surface area contributed by atoms with E-state index in [4.69, 9.17) is 5.73 Å². The molecule has 0 saturated carbocycles. The number of piperidine rings is 1. The summed E-state index contributed by atoms with van der Waals surface area (Å²) in [5.74, 6) is -0.186. The molecule has 112 valence electrons. The van der Waals surface area contributed by atoms with Crippen LogP contribution in [-0.2, 0) is 0 Å². The lowest BCUT2D eigenvalue weighted by Gasteiger charge is -2.38. The van der Waals surface area contributed by atoms with Gasteiger partial charge in [0.15, 0.2) is 5.75 Å². The van der Waals surface area contributed by atoms with Crippen LogP contribution in [0.4, 0.5) is 18.9 Å². The largest absolute Gasteiger partial charge is 0.573 e. The number of halogens is 4. The van der Waals surface area contributed by atoms with Crippen molar-refractivity contribution in [3.63, 3.8) is 0 Å². The molecule has 0 radical (unpaired) electrons. The van der Waals surface area contributed by atoms with Crippen LogP contribution in [0.25, 0.3) is 0 Å². The Labute approximate surface area is 124 Å². The van der Waals surface area contributed by atoms with Crippen LogP contribution >= 0.6 is 15.9 Å². The standard InChI is InChI=1S/C13H16BrF3N2O/c1-8-6-10(18)4-5-19(8)11-3-2-9(14)7-12(11)20-13(15,16)17/h2-3,7-8,10H,4-6,18H2,1H3. The lowest BCUT2D eigenvalue weighted by molar-refractivity contribution is -0.274. The van der Waals surface area contributed by atoms with Crippen LogP contribution in [-0.4, -0.2) is 25.0 Å². The summed E-state index contributed by atoms with van der Waals surface area (Å²) in [7, 11) is 0. The Kier molecular flexibility index (Phi) is 4.49. The molecule has 1 saturated heterocycles. The highest BCUT2D eigenvalue weighted by Gasteiger charge is 2.34. The summed E-state index contributed by atoms with van der Waals surface area (Å²) in [5.41, 5.74) is 6.33. The first-order valence-electron chi connectivity index (χ1n) is 6.34. The smallest absolute Gasteiger partial charge is 0.404 e. The van der Waals surface area contributed by atoms with E-state index in [1.165, 1.54) is 6.07 Å². The molecule has 0 bridgehead atoms. The number of anilines is 1. The van der Waals surface area contributed by atoms with E-state index in [2.05, 4.69) is 20.7 Å². The summed E-state index contributed by atoms with van der Waals surface area (Å²) in [6.07, 6.45) is -3.20. The molecular weight excluding hydrogens is 337 g/mol. The Morgan fingerprint density at radius 3 is 2.70 bits per heavy atom. The van der Waals surface area contributed by atoms with Crippen molar-refractivity contribution in [3.8, 4) is 5.75 Å². The zero-order valence-electron chi connectivity index (χ0n) is 11.0. The molecule has 20 heavy (non-hydrogen) atoms. The molecule has 2 rings (SSSR count). The van der Waals surface area contributed by atoms with Gasteiger partial charge in [0.2, 0.25) is 0 Å². The minimum absolute atomic E-state index is 0.0792. The van der Waals surface area contributed by atoms with Gasteiger partial charge < -0.3 is 15.4 Å². The summed E-state index contributed by atoms with van der Waals surface area (Å²) < 4.78 is 42.2. The predicted octanol–water partition coefficient (Wildman–Crippen LogP) is 3.66. The minimum atomic E-state index is -4.70. The van der Waals surface area contributed by atoms with Gasteiger partial charge in [-0.1, -0.05) is 15.9 Å². The first kappa shape index (κ1) is 15.4. The van der Waals surface area contributed by atoms with Gasteiger partial charge in [-0.25, -0.2) is 0 Å². The summed E-state index contributed by atoms with van der Waals surface area (Å²) in [6, 6.07) is 4.86. The van der Waals surface area contributed by atoms with Crippen molar-refractivity contribution in [2.24, 2.45) is 5.73 Å². The molecule has 2 atom stereocenters. The number of rotatable bonds is 2. The molecule has 0 aliphatic carbocycles. The van der Waals surface area contributed by atoms with Gasteiger partial charge in [0.25, 0.3) is 0 Å². The van der Waals surface area contributed by atoms with Gasteiger partial charge in [0, 0.05) is 23.1 Å². The maximum Gasteiger partial charge on any atom is 0.573 e. The third-order valence-electron chi connectivity index (χ3n) is 3.37. The van der Waals surface area contributed by atoms with Crippen LogP contribution in [0.5, 0.6) is 5.75 Å². The van der Waals surface area contributed by atoms with Crippen molar-refractivity contribution in [3.05, 3.63) is 22.7 Å². The number of alkyl halides is 3. The fourth-order valence-electron chi connectivity index (χ4n) is 2.50. The SMILES string of the molecule is CC1CC(N)CCN1c1ccc(Br)cc1OC(F)(F)F. The molecule has 2 N–H and O–H groups in total. The third-order valence-corrected chi connectivity index (χ3v) is 3.87. The normalized spacial score (nSPS) is 23.8. The zero-order chi connectivity index (χ0) is 14.9. The summed E-state index contributed by atoms with van der Waals surface area (Å²) in [4.78, 5) is 1.91. The predicted molar refractivity (Wildman–Crippen MR) is 74.8 cm³/mol. The van der Waals surface area contributed by atoms with E-state index in [0.29, 0.717) is 16.7 Å². The second-order valence-corrected chi connectivity index (χ2v) is 5.90. The van der Waals surface area contributed by atoms with Gasteiger partial charge >= 0.3 is 6.36 Å². The Balaban J connectivity index is 2.31. The van der Waals surface area contributed by atoms with E-state index in [0.717, 1.165) is 12.8 Å². The van der Waals surface area contributed by atoms with Crippen molar-refractivity contribution in [2.45, 2.75) is 38.2 Å². The van der Waals surface area contributed by atoms with Gasteiger partial charge in [-0.3, -0.25) is 0 Å². The molecule has 1 aliphatic rings. The van der Waals surface area contributed by atoms with Crippen LogP contribution in [0.15, 0.2) is 22.7 Å². The van der Waals surface area contributed by atoms with Crippen LogP contribution in [0, 0.1) is 0 Å². The molecule has 1 fully saturated rings. The van der Waals surface area contributed by atoms with Crippen molar-refractivity contribution < 1.29 is 17.9 Å². The fourth-order valence-corrected chi connectivity index (χ4v) is 2.84. The Hall–Kier alpha value is -0.950. The number of hydrogen-bond donors (Lipinski definition) is 1. The first-order chi connectivity index (χ1) is 9.26. The first-order valence-corrected chi connectivity index (χ1v) is 7.13. The topological polar surface area (TPSA) is 38.5 Å². The van der Waals surface area contributed by atoms with Crippen LogP contribution in [0.3, 0.4) is 0 Å². The molecule has 7 heteroatoms. The van der Waals surface area contributed by atoms with Gasteiger partial charge in [-0.05, 0) is 38.0 Å². The van der Waals surface area contributed by atoms with Crippen LogP contribution in [0.1, 0.15) is 19.8 Å². The molecule has 0 aromatic heterocycles. The molecule has 1 aromatic carbocycles. The Bertz CT molecular complexity index is 481. The minimum Gasteiger partial charge on any atom is -0.404 e. The van der Waals surface area contributed by atoms with Gasteiger partial charge in [0.05, 0.1) is 5.69 Å². The third kappa shape index (κ3) is 3.79. The van der Waals surface area contributed by atoms with E-state index >= 15 is 0 Å². The molecule has 1 aliphatic heterocycles. The maximum atomic E-state index is 12.5. The monoisotopic (exact) mass is 352 g/mol. The van der Waals surface area contributed by atoms with Crippen molar-refractivity contribution in [1.82, 2.24) is 0 Å². The molecule has 1 aromatic rings. The average Bonchev–Trinajstić information content (AvgIpc) is 2.28. The fraction of sp³-hybridized carbons (Fsp3) is 0.538. The number of ether oxygens (including phenoxy) is 1. The lowest BCUT2D eigenvalue weighted by Crippen LogP contribution is -2.45. The summed E-state index contributed by atoms with van der Waals surface area (Å²) >= 11 is 3.17. The number of benzene rings is 1. The number of nitrogens with two attached hydrogens (primary N) is 1. The van der Waals surface area contributed by atoms with E-state index in [9.17, 15) is 13.2 Å². The van der Waals surface area contributed by atoms with Gasteiger partial charge in [0.1, 0.15) is 0 Å². The van der Waals surface area contributed by atoms with E-state index < -0.39 is 6.36 Å². The second-order valence-electron chi connectivity index (χ2n) is 4.99. The molecule has 0 spiro atoms. The molecule has 0 amide bonds. The van der Waals surface area contributed by atoms with E-state index in [1.807, 2.05) is 11.8 Å². The Morgan fingerprint density at radius 2 is 2.10 bits per heavy atom. The highest BCUT2D eigenvalue weighted by molar-refractivity contribution is 9.10. The number of nitrogens with zero attached hydrogens (tertiary/aromatic N) is 1. The average molecular weight is 353 g/mol. The Morgan fingerprint density at radius 1 is 1.40 bits per heavy atom.